The Kier molecular flexibility index (Phi) is 6.89. The third-order valence-corrected chi connectivity index (χ3v) is 6.99. The first kappa shape index (κ1) is 22.5. The van der Waals surface area contributed by atoms with Crippen LogP contribution >= 0.6 is 23.2 Å². The van der Waals surface area contributed by atoms with Crippen molar-refractivity contribution < 1.29 is 4.79 Å². The van der Waals surface area contributed by atoms with Gasteiger partial charge in [-0.25, -0.2) is 0 Å². The summed E-state index contributed by atoms with van der Waals surface area (Å²) in [5.41, 5.74) is 2.99. The number of benzene rings is 2. The first-order valence-corrected chi connectivity index (χ1v) is 11.7. The first-order chi connectivity index (χ1) is 15.5. The highest BCUT2D eigenvalue weighted by molar-refractivity contribution is 6.42. The minimum absolute atomic E-state index is 0.125. The monoisotopic (exact) mass is 465 g/mol. The number of hydrogen-bond donors (Lipinski definition) is 1. The molecule has 0 radical (unpaired) electrons. The molecule has 1 saturated carbocycles. The predicted molar refractivity (Wildman–Crippen MR) is 131 cm³/mol. The number of para-hydroxylation sites is 1. The molecule has 2 aromatic carbocycles. The van der Waals surface area contributed by atoms with E-state index in [2.05, 4.69) is 22.9 Å². The fourth-order valence-electron chi connectivity index (χ4n) is 4.44. The van der Waals surface area contributed by atoms with Crippen LogP contribution in [0.4, 0.5) is 0 Å². The smallest absolute Gasteiger partial charge is 0.262 e. The molecule has 0 aliphatic heterocycles. The first-order valence-electron chi connectivity index (χ1n) is 10.9. The van der Waals surface area contributed by atoms with E-state index in [1.807, 2.05) is 42.6 Å². The number of rotatable bonds is 5. The van der Waals surface area contributed by atoms with Gasteiger partial charge in [0, 0.05) is 35.2 Å². The Labute approximate surface area is 198 Å². The standard InChI is InChI=1S/C26H25Cl2N3O/c1-17-6-2-4-8-24(17)30-26(32)19(14-29)13-20-16-31(25-9-5-3-7-21(20)25)15-18-10-11-22(27)23(28)12-18/h3,5,7,9-13,16-17,24H,2,4,6,8,15H2,1H3,(H,30,32)/b19-13+/t17-,24-/m0/s1. The van der Waals surface area contributed by atoms with Crippen LogP contribution in [0.25, 0.3) is 17.0 Å². The van der Waals surface area contributed by atoms with E-state index in [0.717, 1.165) is 41.3 Å². The molecule has 3 aromatic rings. The molecular formula is C26H25Cl2N3O. The van der Waals surface area contributed by atoms with Gasteiger partial charge in [0.15, 0.2) is 0 Å². The van der Waals surface area contributed by atoms with Crippen molar-refractivity contribution in [3.05, 3.63) is 75.4 Å². The van der Waals surface area contributed by atoms with Crippen LogP contribution in [-0.2, 0) is 11.3 Å². The molecule has 6 heteroatoms. The lowest BCUT2D eigenvalue weighted by Gasteiger charge is -2.29. The topological polar surface area (TPSA) is 57.8 Å². The number of nitrogens with one attached hydrogen (secondary N) is 1. The Balaban J connectivity index is 1.64. The van der Waals surface area contributed by atoms with Crippen LogP contribution < -0.4 is 5.32 Å². The van der Waals surface area contributed by atoms with Crippen molar-refractivity contribution in [3.63, 3.8) is 0 Å². The van der Waals surface area contributed by atoms with Gasteiger partial charge in [-0.1, -0.05) is 67.2 Å². The van der Waals surface area contributed by atoms with Crippen molar-refractivity contribution in [3.8, 4) is 6.07 Å². The summed E-state index contributed by atoms with van der Waals surface area (Å²) < 4.78 is 2.09. The molecule has 1 amide bonds. The minimum atomic E-state index is -0.299. The number of carbonyl (C=O) groups is 1. The van der Waals surface area contributed by atoms with Gasteiger partial charge in [0.1, 0.15) is 11.6 Å². The van der Waals surface area contributed by atoms with Crippen LogP contribution in [0.1, 0.15) is 43.7 Å². The molecule has 32 heavy (non-hydrogen) atoms. The van der Waals surface area contributed by atoms with Crippen molar-refractivity contribution in [2.75, 3.05) is 0 Å². The fraction of sp³-hybridized carbons (Fsp3) is 0.308. The summed E-state index contributed by atoms with van der Waals surface area (Å²) in [7, 11) is 0. The zero-order valence-electron chi connectivity index (χ0n) is 17.9. The Morgan fingerprint density at radius 1 is 1.19 bits per heavy atom. The molecule has 0 bridgehead atoms. The molecule has 2 atom stereocenters. The maximum absolute atomic E-state index is 12.9. The highest BCUT2D eigenvalue weighted by Crippen LogP contribution is 2.28. The van der Waals surface area contributed by atoms with Gasteiger partial charge < -0.3 is 9.88 Å². The molecule has 0 spiro atoms. The minimum Gasteiger partial charge on any atom is -0.348 e. The molecule has 0 saturated heterocycles. The molecule has 4 rings (SSSR count). The molecule has 1 heterocycles. The van der Waals surface area contributed by atoms with Gasteiger partial charge in [0.05, 0.1) is 10.0 Å². The van der Waals surface area contributed by atoms with E-state index in [0.29, 0.717) is 22.5 Å². The van der Waals surface area contributed by atoms with Crippen molar-refractivity contribution in [2.24, 2.45) is 5.92 Å². The van der Waals surface area contributed by atoms with Crippen LogP contribution in [0.5, 0.6) is 0 Å². The molecule has 4 nitrogen and oxygen atoms in total. The van der Waals surface area contributed by atoms with Crippen LogP contribution in [0.15, 0.2) is 54.2 Å². The van der Waals surface area contributed by atoms with E-state index in [4.69, 9.17) is 23.2 Å². The van der Waals surface area contributed by atoms with Gasteiger partial charge in [-0.3, -0.25) is 4.79 Å². The normalized spacial score (nSPS) is 19.0. The zero-order chi connectivity index (χ0) is 22.7. The molecule has 1 fully saturated rings. The van der Waals surface area contributed by atoms with E-state index in [1.54, 1.807) is 12.1 Å². The summed E-state index contributed by atoms with van der Waals surface area (Å²) in [6.45, 7) is 2.76. The van der Waals surface area contributed by atoms with Gasteiger partial charge in [0.2, 0.25) is 0 Å². The van der Waals surface area contributed by atoms with Crippen molar-refractivity contribution >= 4 is 46.1 Å². The average Bonchev–Trinajstić information content (AvgIpc) is 3.13. The average molecular weight is 466 g/mol. The van der Waals surface area contributed by atoms with Crippen LogP contribution in [0.3, 0.4) is 0 Å². The lowest BCUT2D eigenvalue weighted by atomic mass is 9.86. The maximum Gasteiger partial charge on any atom is 0.262 e. The molecule has 1 N–H and O–H groups in total. The summed E-state index contributed by atoms with van der Waals surface area (Å²) in [5.74, 6) is 0.133. The van der Waals surface area contributed by atoms with Crippen molar-refractivity contribution in [1.82, 2.24) is 9.88 Å². The van der Waals surface area contributed by atoms with Gasteiger partial charge >= 0.3 is 0 Å². The number of aromatic nitrogens is 1. The van der Waals surface area contributed by atoms with Crippen LogP contribution in [0.2, 0.25) is 10.0 Å². The molecule has 164 valence electrons. The Bertz CT molecular complexity index is 1220. The van der Waals surface area contributed by atoms with Crippen LogP contribution in [-0.4, -0.2) is 16.5 Å². The SMILES string of the molecule is C[C@H]1CCCC[C@@H]1NC(=O)/C(C#N)=C/c1cn(Cc2ccc(Cl)c(Cl)c2)c2ccccc12. The lowest BCUT2D eigenvalue weighted by molar-refractivity contribution is -0.118. The second-order valence-corrected chi connectivity index (χ2v) is 9.30. The number of nitrogens with zero attached hydrogens (tertiary/aromatic N) is 2. The molecule has 1 aromatic heterocycles. The van der Waals surface area contributed by atoms with Gasteiger partial charge in [-0.15, -0.1) is 0 Å². The zero-order valence-corrected chi connectivity index (χ0v) is 19.5. The largest absolute Gasteiger partial charge is 0.348 e. The number of amides is 1. The third kappa shape index (κ3) is 4.85. The highest BCUT2D eigenvalue weighted by atomic mass is 35.5. The Morgan fingerprint density at radius 2 is 1.97 bits per heavy atom. The van der Waals surface area contributed by atoms with Crippen LogP contribution in [0, 0.1) is 17.2 Å². The second-order valence-electron chi connectivity index (χ2n) is 8.49. The van der Waals surface area contributed by atoms with E-state index in [1.165, 1.54) is 6.42 Å². The van der Waals surface area contributed by atoms with E-state index in [-0.39, 0.29) is 17.5 Å². The Morgan fingerprint density at radius 3 is 2.72 bits per heavy atom. The van der Waals surface area contributed by atoms with Gasteiger partial charge in [-0.2, -0.15) is 5.26 Å². The number of hydrogen-bond acceptors (Lipinski definition) is 2. The lowest BCUT2D eigenvalue weighted by Crippen LogP contribution is -2.41. The summed E-state index contributed by atoms with van der Waals surface area (Å²) in [6.07, 6.45) is 8.06. The van der Waals surface area contributed by atoms with E-state index < -0.39 is 0 Å². The van der Waals surface area contributed by atoms with Crippen molar-refractivity contribution in [2.45, 2.75) is 45.2 Å². The predicted octanol–water partition coefficient (Wildman–Crippen LogP) is 6.60. The summed E-state index contributed by atoms with van der Waals surface area (Å²) >= 11 is 12.2. The number of carbonyl (C=O) groups excluding carboxylic acids is 1. The highest BCUT2D eigenvalue weighted by Gasteiger charge is 2.24. The van der Waals surface area contributed by atoms with E-state index >= 15 is 0 Å². The van der Waals surface area contributed by atoms with Gasteiger partial charge in [0.25, 0.3) is 5.91 Å². The summed E-state index contributed by atoms with van der Waals surface area (Å²) in [4.78, 5) is 12.9. The quantitative estimate of drug-likeness (QED) is 0.340. The Hall–Kier alpha value is -2.74. The fourth-order valence-corrected chi connectivity index (χ4v) is 4.76. The number of nitriles is 1. The third-order valence-electron chi connectivity index (χ3n) is 6.25. The molecule has 0 unspecified atom stereocenters. The maximum atomic E-state index is 12.9. The summed E-state index contributed by atoms with van der Waals surface area (Å²) in [6, 6.07) is 15.8. The van der Waals surface area contributed by atoms with E-state index in [9.17, 15) is 10.1 Å². The molecule has 1 aliphatic rings. The summed E-state index contributed by atoms with van der Waals surface area (Å²) in [5, 5.41) is 14.8. The van der Waals surface area contributed by atoms with Crippen molar-refractivity contribution in [1.29, 1.82) is 5.26 Å². The second kappa shape index (κ2) is 9.81. The molecule has 1 aliphatic carbocycles. The number of fused-ring (bicyclic) bond motifs is 1. The van der Waals surface area contributed by atoms with Gasteiger partial charge in [-0.05, 0) is 48.6 Å². The molecular weight excluding hydrogens is 441 g/mol. The number of halogens is 2.